The van der Waals surface area contributed by atoms with Gasteiger partial charge in [0.25, 0.3) is 10.0 Å². The van der Waals surface area contributed by atoms with E-state index in [1.165, 1.54) is 12.5 Å². The Morgan fingerprint density at radius 1 is 1.23 bits per heavy atom. The molecule has 1 unspecified atom stereocenters. The predicted molar refractivity (Wildman–Crippen MR) is 136 cm³/mol. The Hall–Kier alpha value is -2.81. The van der Waals surface area contributed by atoms with Gasteiger partial charge in [0.1, 0.15) is 11.4 Å². The van der Waals surface area contributed by atoms with Crippen LogP contribution in [-0.2, 0) is 26.6 Å². The van der Waals surface area contributed by atoms with Gasteiger partial charge < -0.3 is 14.4 Å². The van der Waals surface area contributed by atoms with Crippen LogP contribution in [0.25, 0.3) is 0 Å². The number of aryl methyl sites for hydroxylation is 1. The SMILES string of the molecule is CCCC1(CCC)CC(O)=C(C(c2cccc(NS(=O)(=O)c3cn(C)cn3)c2)C(C)(C)C)C(=O)O1. The molecule has 0 bridgehead atoms. The van der Waals surface area contributed by atoms with Gasteiger partial charge in [0, 0.05) is 31.3 Å². The molecule has 3 rings (SSSR count). The highest BCUT2D eigenvalue weighted by molar-refractivity contribution is 7.92. The van der Waals surface area contributed by atoms with E-state index < -0.39 is 32.9 Å². The van der Waals surface area contributed by atoms with Crippen molar-refractivity contribution in [2.24, 2.45) is 12.5 Å². The predicted octanol–water partition coefficient (Wildman–Crippen LogP) is 5.45. The zero-order valence-electron chi connectivity index (χ0n) is 21.5. The van der Waals surface area contributed by atoms with Crippen LogP contribution in [0.2, 0.25) is 0 Å². The summed E-state index contributed by atoms with van der Waals surface area (Å²) < 4.78 is 35.7. The Labute approximate surface area is 208 Å². The number of anilines is 1. The van der Waals surface area contributed by atoms with Gasteiger partial charge in [0.05, 0.1) is 11.9 Å². The minimum atomic E-state index is -3.88. The fourth-order valence-electron chi connectivity index (χ4n) is 5.02. The number of ether oxygens (including phenoxy) is 1. The van der Waals surface area contributed by atoms with E-state index in [-0.39, 0.29) is 22.8 Å². The van der Waals surface area contributed by atoms with Crippen molar-refractivity contribution in [1.82, 2.24) is 9.55 Å². The topological polar surface area (TPSA) is 111 Å². The van der Waals surface area contributed by atoms with Gasteiger partial charge in [-0.3, -0.25) is 4.72 Å². The third-order valence-electron chi connectivity index (χ3n) is 6.32. The van der Waals surface area contributed by atoms with E-state index in [0.717, 1.165) is 12.8 Å². The summed E-state index contributed by atoms with van der Waals surface area (Å²) in [6, 6.07) is 6.91. The lowest BCUT2D eigenvalue weighted by Gasteiger charge is -2.41. The monoisotopic (exact) mass is 503 g/mol. The number of hydrogen-bond donors (Lipinski definition) is 2. The van der Waals surface area contributed by atoms with E-state index in [0.29, 0.717) is 24.1 Å². The lowest BCUT2D eigenvalue weighted by atomic mass is 9.70. The third kappa shape index (κ3) is 5.89. The molecule has 0 amide bonds. The molecule has 8 nitrogen and oxygen atoms in total. The third-order valence-corrected chi connectivity index (χ3v) is 7.59. The summed E-state index contributed by atoms with van der Waals surface area (Å²) in [6.07, 6.45) is 6.19. The Morgan fingerprint density at radius 2 is 1.89 bits per heavy atom. The highest BCUT2D eigenvalue weighted by Gasteiger charge is 2.45. The number of cyclic esters (lactones) is 1. The highest BCUT2D eigenvalue weighted by Crippen LogP contribution is 2.47. The van der Waals surface area contributed by atoms with Crippen LogP contribution in [-0.4, -0.2) is 34.6 Å². The smallest absolute Gasteiger partial charge is 0.338 e. The second-order valence-corrected chi connectivity index (χ2v) is 12.1. The molecule has 192 valence electrons. The van der Waals surface area contributed by atoms with Crippen molar-refractivity contribution in [2.45, 2.75) is 83.3 Å². The van der Waals surface area contributed by atoms with Crippen molar-refractivity contribution < 1.29 is 23.1 Å². The van der Waals surface area contributed by atoms with Crippen molar-refractivity contribution >= 4 is 21.7 Å². The van der Waals surface area contributed by atoms with Gasteiger partial charge in [-0.2, -0.15) is 8.42 Å². The normalized spacial score (nSPS) is 17.3. The van der Waals surface area contributed by atoms with Gasteiger partial charge >= 0.3 is 5.97 Å². The molecular formula is C26H37N3O5S. The number of carbonyl (C=O) groups excluding carboxylic acids is 1. The number of sulfonamides is 1. The fraction of sp³-hybridized carbons (Fsp3) is 0.538. The number of aromatic nitrogens is 2. The minimum absolute atomic E-state index is 0.0579. The molecule has 2 heterocycles. The molecule has 0 saturated carbocycles. The summed E-state index contributed by atoms with van der Waals surface area (Å²) in [5.41, 5.74) is 0.145. The fourth-order valence-corrected chi connectivity index (χ4v) is 6.05. The zero-order valence-corrected chi connectivity index (χ0v) is 22.3. The molecule has 1 aromatic heterocycles. The molecule has 1 atom stereocenters. The summed E-state index contributed by atoms with van der Waals surface area (Å²) in [4.78, 5) is 17.3. The average Bonchev–Trinajstić information content (AvgIpc) is 3.17. The van der Waals surface area contributed by atoms with E-state index in [1.807, 2.05) is 40.7 Å². The summed E-state index contributed by atoms with van der Waals surface area (Å²) >= 11 is 0. The number of aliphatic hydroxyl groups is 1. The molecular weight excluding hydrogens is 466 g/mol. The van der Waals surface area contributed by atoms with Crippen molar-refractivity contribution in [3.05, 3.63) is 53.7 Å². The number of imidazole rings is 1. The van der Waals surface area contributed by atoms with Crippen LogP contribution in [0, 0.1) is 5.41 Å². The summed E-state index contributed by atoms with van der Waals surface area (Å²) in [6.45, 7) is 10.0. The number of nitrogens with zero attached hydrogens (tertiary/aromatic N) is 2. The van der Waals surface area contributed by atoms with Crippen molar-refractivity contribution in [3.8, 4) is 0 Å². The van der Waals surface area contributed by atoms with Crippen LogP contribution in [0.15, 0.2) is 53.1 Å². The molecule has 2 N–H and O–H groups in total. The highest BCUT2D eigenvalue weighted by atomic mass is 32.2. The minimum Gasteiger partial charge on any atom is -0.512 e. The van der Waals surface area contributed by atoms with Crippen molar-refractivity contribution in [2.75, 3.05) is 4.72 Å². The Kier molecular flexibility index (Phi) is 7.69. The van der Waals surface area contributed by atoms with Gasteiger partial charge in [0.15, 0.2) is 5.03 Å². The maximum Gasteiger partial charge on any atom is 0.338 e. The standard InChI is InChI=1S/C26H37N3O5S/c1-7-12-26(13-8-2)15-20(30)22(24(31)34-26)23(25(3,4)5)18-10-9-11-19(14-18)28-35(32,33)21-16-29(6)17-27-21/h9-11,14,16-17,23,28,30H,7-8,12-13,15H2,1-6H3. The quantitative estimate of drug-likeness (QED) is 0.440. The molecule has 2 aromatic rings. The first-order valence-electron chi connectivity index (χ1n) is 12.1. The molecule has 1 aliphatic rings. The van der Waals surface area contributed by atoms with Gasteiger partial charge in [-0.05, 0) is 36.0 Å². The number of aliphatic hydroxyl groups excluding tert-OH is 1. The largest absolute Gasteiger partial charge is 0.512 e. The molecule has 9 heteroatoms. The van der Waals surface area contributed by atoms with E-state index in [4.69, 9.17) is 4.74 Å². The second-order valence-electron chi connectivity index (χ2n) is 10.5. The molecule has 35 heavy (non-hydrogen) atoms. The van der Waals surface area contributed by atoms with E-state index in [1.54, 1.807) is 29.8 Å². The molecule has 0 saturated heterocycles. The molecule has 0 aliphatic carbocycles. The summed E-state index contributed by atoms with van der Waals surface area (Å²) in [5.74, 6) is -0.951. The number of esters is 1. The van der Waals surface area contributed by atoms with Crippen LogP contribution >= 0.6 is 0 Å². The van der Waals surface area contributed by atoms with E-state index >= 15 is 0 Å². The molecule has 1 aromatic carbocycles. The Bertz CT molecular complexity index is 1200. The van der Waals surface area contributed by atoms with E-state index in [2.05, 4.69) is 9.71 Å². The maximum absolute atomic E-state index is 13.4. The second kappa shape index (κ2) is 10.0. The first-order valence-corrected chi connectivity index (χ1v) is 13.6. The number of nitrogens with one attached hydrogen (secondary N) is 1. The average molecular weight is 504 g/mol. The van der Waals surface area contributed by atoms with Crippen LogP contribution < -0.4 is 4.72 Å². The Balaban J connectivity index is 2.02. The van der Waals surface area contributed by atoms with Gasteiger partial charge in [-0.15, -0.1) is 0 Å². The van der Waals surface area contributed by atoms with E-state index in [9.17, 15) is 18.3 Å². The maximum atomic E-state index is 13.4. The first kappa shape index (κ1) is 26.8. The van der Waals surface area contributed by atoms with Crippen molar-refractivity contribution in [1.29, 1.82) is 0 Å². The number of rotatable bonds is 9. The van der Waals surface area contributed by atoms with Gasteiger partial charge in [-0.1, -0.05) is 59.6 Å². The van der Waals surface area contributed by atoms with Crippen LogP contribution in [0.3, 0.4) is 0 Å². The number of hydrogen-bond acceptors (Lipinski definition) is 6. The number of benzene rings is 1. The zero-order chi connectivity index (χ0) is 26.0. The molecule has 0 radical (unpaired) electrons. The van der Waals surface area contributed by atoms with Crippen molar-refractivity contribution in [3.63, 3.8) is 0 Å². The summed E-state index contributed by atoms with van der Waals surface area (Å²) in [7, 11) is -2.19. The first-order chi connectivity index (χ1) is 16.3. The summed E-state index contributed by atoms with van der Waals surface area (Å²) in [5, 5.41) is 11.1. The van der Waals surface area contributed by atoms with Crippen LogP contribution in [0.4, 0.5) is 5.69 Å². The number of carbonyl (C=O) groups is 1. The van der Waals surface area contributed by atoms with Gasteiger partial charge in [-0.25, -0.2) is 9.78 Å². The lowest BCUT2D eigenvalue weighted by molar-refractivity contribution is -0.161. The van der Waals surface area contributed by atoms with Gasteiger partial charge in [0.2, 0.25) is 0 Å². The molecule has 1 aliphatic heterocycles. The van der Waals surface area contributed by atoms with Crippen LogP contribution in [0.5, 0.6) is 0 Å². The lowest BCUT2D eigenvalue weighted by Crippen LogP contribution is -2.42. The molecule has 0 spiro atoms. The molecule has 0 fully saturated rings. The Morgan fingerprint density at radius 3 is 2.40 bits per heavy atom. The van der Waals surface area contributed by atoms with Crippen LogP contribution in [0.1, 0.15) is 78.2 Å².